The summed E-state index contributed by atoms with van der Waals surface area (Å²) >= 11 is 0. The van der Waals surface area contributed by atoms with Gasteiger partial charge in [-0.3, -0.25) is 0 Å². The van der Waals surface area contributed by atoms with Gasteiger partial charge in [-0.1, -0.05) is 12.1 Å². The molecule has 0 fully saturated rings. The Balaban J connectivity index is 2.19. The summed E-state index contributed by atoms with van der Waals surface area (Å²) < 4.78 is 55.0. The molecular formula is C17H19NO6S2. The van der Waals surface area contributed by atoms with Crippen molar-refractivity contribution in [3.63, 3.8) is 0 Å². The Kier molecular flexibility index (Phi) is 5.84. The van der Waals surface area contributed by atoms with E-state index in [1.807, 2.05) is 0 Å². The van der Waals surface area contributed by atoms with E-state index in [-0.39, 0.29) is 15.4 Å². The standard InChI is InChI=1S/C17H19NO6S2/c1-12(13-4-8-15(9-5-13)25(3,20)21)18-26(22,23)16-10-6-14(7-11-16)17(19)24-2/h4-12,18H,1-3H3/t12-/m0/s1. The van der Waals surface area contributed by atoms with Crippen LogP contribution in [0.1, 0.15) is 28.9 Å². The Morgan fingerprint density at radius 2 is 1.42 bits per heavy atom. The molecule has 0 bridgehead atoms. The monoisotopic (exact) mass is 397 g/mol. The molecule has 0 aliphatic rings. The molecule has 2 aromatic rings. The van der Waals surface area contributed by atoms with Gasteiger partial charge in [0.15, 0.2) is 9.84 Å². The van der Waals surface area contributed by atoms with E-state index in [0.717, 1.165) is 6.26 Å². The Labute approximate surface area is 153 Å². The first-order chi connectivity index (χ1) is 12.0. The van der Waals surface area contributed by atoms with Gasteiger partial charge in [0.1, 0.15) is 0 Å². The maximum Gasteiger partial charge on any atom is 0.337 e. The van der Waals surface area contributed by atoms with Crippen molar-refractivity contribution in [3.05, 3.63) is 59.7 Å². The number of sulfonamides is 1. The van der Waals surface area contributed by atoms with Crippen LogP contribution in [-0.4, -0.2) is 36.2 Å². The molecule has 0 spiro atoms. The van der Waals surface area contributed by atoms with Crippen molar-refractivity contribution in [2.75, 3.05) is 13.4 Å². The predicted molar refractivity (Wildman–Crippen MR) is 96.1 cm³/mol. The fourth-order valence-electron chi connectivity index (χ4n) is 2.26. The molecule has 140 valence electrons. The largest absolute Gasteiger partial charge is 0.465 e. The van der Waals surface area contributed by atoms with E-state index in [2.05, 4.69) is 9.46 Å². The third-order valence-electron chi connectivity index (χ3n) is 3.73. The van der Waals surface area contributed by atoms with Crippen LogP contribution in [0.3, 0.4) is 0 Å². The minimum atomic E-state index is -3.82. The molecule has 0 aromatic heterocycles. The van der Waals surface area contributed by atoms with Crippen LogP contribution in [0.15, 0.2) is 58.3 Å². The molecule has 1 N–H and O–H groups in total. The van der Waals surface area contributed by atoms with Crippen LogP contribution >= 0.6 is 0 Å². The number of hydrogen-bond donors (Lipinski definition) is 1. The first-order valence-electron chi connectivity index (χ1n) is 7.55. The fourth-order valence-corrected chi connectivity index (χ4v) is 4.12. The van der Waals surface area contributed by atoms with E-state index in [4.69, 9.17) is 0 Å². The molecule has 2 rings (SSSR count). The summed E-state index contributed by atoms with van der Waals surface area (Å²) in [7, 11) is -5.89. The van der Waals surface area contributed by atoms with E-state index in [1.165, 1.54) is 43.5 Å². The maximum absolute atomic E-state index is 12.5. The van der Waals surface area contributed by atoms with Crippen LogP contribution < -0.4 is 4.72 Å². The van der Waals surface area contributed by atoms with E-state index in [9.17, 15) is 21.6 Å². The van der Waals surface area contributed by atoms with Crippen LogP contribution in [0.5, 0.6) is 0 Å². The zero-order valence-electron chi connectivity index (χ0n) is 14.5. The number of sulfone groups is 1. The number of nitrogens with one attached hydrogen (secondary N) is 1. The number of carbonyl (C=O) groups is 1. The Hall–Kier alpha value is -2.23. The van der Waals surface area contributed by atoms with E-state index in [0.29, 0.717) is 5.56 Å². The van der Waals surface area contributed by atoms with Gasteiger partial charge in [-0.05, 0) is 48.9 Å². The van der Waals surface area contributed by atoms with Crippen molar-refractivity contribution in [2.45, 2.75) is 22.8 Å². The average molecular weight is 397 g/mol. The van der Waals surface area contributed by atoms with Gasteiger partial charge in [-0.15, -0.1) is 0 Å². The van der Waals surface area contributed by atoms with Crippen LogP contribution in [0.2, 0.25) is 0 Å². The van der Waals surface area contributed by atoms with Gasteiger partial charge in [0.05, 0.1) is 22.5 Å². The molecule has 0 unspecified atom stereocenters. The molecular weight excluding hydrogens is 378 g/mol. The lowest BCUT2D eigenvalue weighted by Crippen LogP contribution is -2.27. The summed E-state index contributed by atoms with van der Waals surface area (Å²) in [5.41, 5.74) is 0.864. The van der Waals surface area contributed by atoms with Gasteiger partial charge in [0.25, 0.3) is 0 Å². The van der Waals surface area contributed by atoms with Gasteiger partial charge in [0, 0.05) is 12.3 Å². The maximum atomic E-state index is 12.5. The number of ether oxygens (including phenoxy) is 1. The smallest absolute Gasteiger partial charge is 0.337 e. The number of hydrogen-bond acceptors (Lipinski definition) is 6. The molecule has 1 atom stereocenters. The summed E-state index contributed by atoms with van der Waals surface area (Å²) in [4.78, 5) is 11.6. The quantitative estimate of drug-likeness (QED) is 0.747. The van der Waals surface area contributed by atoms with Gasteiger partial charge < -0.3 is 4.74 Å². The first-order valence-corrected chi connectivity index (χ1v) is 10.9. The molecule has 9 heteroatoms. The van der Waals surface area contributed by atoms with Gasteiger partial charge in [0.2, 0.25) is 10.0 Å². The molecule has 26 heavy (non-hydrogen) atoms. The van der Waals surface area contributed by atoms with Gasteiger partial charge in [-0.2, -0.15) is 0 Å². The van der Waals surface area contributed by atoms with Gasteiger partial charge in [-0.25, -0.2) is 26.4 Å². The zero-order valence-corrected chi connectivity index (χ0v) is 16.1. The summed E-state index contributed by atoms with van der Waals surface area (Å²) in [6, 6.07) is 10.8. The Bertz CT molecular complexity index is 994. The lowest BCUT2D eigenvalue weighted by Gasteiger charge is -2.15. The second-order valence-electron chi connectivity index (χ2n) is 5.70. The minimum absolute atomic E-state index is 0.00441. The number of methoxy groups -OCH3 is 1. The second kappa shape index (κ2) is 7.56. The summed E-state index contributed by atoms with van der Waals surface area (Å²) in [5.74, 6) is -0.554. The number of benzene rings is 2. The SMILES string of the molecule is COC(=O)c1ccc(S(=O)(=O)N[C@@H](C)c2ccc(S(C)(=O)=O)cc2)cc1. The Morgan fingerprint density at radius 1 is 0.923 bits per heavy atom. The Morgan fingerprint density at radius 3 is 1.88 bits per heavy atom. The second-order valence-corrected chi connectivity index (χ2v) is 9.43. The van der Waals surface area contributed by atoms with Crippen molar-refractivity contribution in [2.24, 2.45) is 0 Å². The van der Waals surface area contributed by atoms with E-state index in [1.54, 1.807) is 19.1 Å². The molecule has 2 aromatic carbocycles. The van der Waals surface area contributed by atoms with Crippen molar-refractivity contribution >= 4 is 25.8 Å². The average Bonchev–Trinajstić information content (AvgIpc) is 2.60. The third kappa shape index (κ3) is 4.69. The molecule has 0 aliphatic heterocycles. The highest BCUT2D eigenvalue weighted by Gasteiger charge is 2.19. The first kappa shape index (κ1) is 20.1. The van der Waals surface area contributed by atoms with Crippen molar-refractivity contribution in [1.29, 1.82) is 0 Å². The highest BCUT2D eigenvalue weighted by Crippen LogP contribution is 2.19. The summed E-state index contributed by atoms with van der Waals surface area (Å²) in [5, 5.41) is 0. The molecule has 0 heterocycles. The molecule has 0 saturated carbocycles. The van der Waals surface area contributed by atoms with Crippen molar-refractivity contribution < 1.29 is 26.4 Å². The highest BCUT2D eigenvalue weighted by molar-refractivity contribution is 7.90. The predicted octanol–water partition coefficient (Wildman–Crippen LogP) is 1.92. The van der Waals surface area contributed by atoms with Gasteiger partial charge >= 0.3 is 5.97 Å². The summed E-state index contributed by atoms with van der Waals surface area (Å²) in [6.45, 7) is 1.65. The molecule has 0 aliphatic carbocycles. The highest BCUT2D eigenvalue weighted by atomic mass is 32.2. The fraction of sp³-hybridized carbons (Fsp3) is 0.235. The topological polar surface area (TPSA) is 107 Å². The third-order valence-corrected chi connectivity index (χ3v) is 6.41. The number of carbonyl (C=O) groups excluding carboxylic acids is 1. The number of esters is 1. The lowest BCUT2D eigenvalue weighted by atomic mass is 10.1. The van der Waals surface area contributed by atoms with Crippen LogP contribution in [0, 0.1) is 0 Å². The van der Waals surface area contributed by atoms with E-state index >= 15 is 0 Å². The lowest BCUT2D eigenvalue weighted by molar-refractivity contribution is 0.0600. The van der Waals surface area contributed by atoms with Crippen molar-refractivity contribution in [3.8, 4) is 0 Å². The zero-order chi connectivity index (χ0) is 19.5. The van der Waals surface area contributed by atoms with Crippen molar-refractivity contribution in [1.82, 2.24) is 4.72 Å². The molecule has 7 nitrogen and oxygen atoms in total. The molecule has 0 amide bonds. The summed E-state index contributed by atoms with van der Waals surface area (Å²) in [6.07, 6.45) is 1.10. The van der Waals surface area contributed by atoms with Crippen LogP contribution in [0.4, 0.5) is 0 Å². The molecule has 0 radical (unpaired) electrons. The number of rotatable bonds is 6. The minimum Gasteiger partial charge on any atom is -0.465 e. The van der Waals surface area contributed by atoms with Crippen LogP contribution in [0.25, 0.3) is 0 Å². The van der Waals surface area contributed by atoms with Crippen LogP contribution in [-0.2, 0) is 24.6 Å². The molecule has 0 saturated heterocycles. The van der Waals surface area contributed by atoms with E-state index < -0.39 is 31.9 Å². The normalized spacial score (nSPS) is 13.2.